The van der Waals surface area contributed by atoms with Gasteiger partial charge < -0.3 is 4.74 Å². The first kappa shape index (κ1) is 20.1. The zero-order valence-corrected chi connectivity index (χ0v) is 17.8. The van der Waals surface area contributed by atoms with Crippen LogP contribution < -0.4 is 5.56 Å². The number of aryl methyl sites for hydroxylation is 1. The van der Waals surface area contributed by atoms with E-state index in [1.54, 1.807) is 11.3 Å². The lowest BCUT2D eigenvalue weighted by atomic mass is 9.72. The van der Waals surface area contributed by atoms with Crippen LogP contribution in [0.1, 0.15) is 70.4 Å². The Labute approximate surface area is 164 Å². The fourth-order valence-corrected chi connectivity index (χ4v) is 5.17. The lowest BCUT2D eigenvalue weighted by Gasteiger charge is -2.33. The molecule has 148 valence electrons. The van der Waals surface area contributed by atoms with Crippen molar-refractivity contribution in [3.8, 4) is 0 Å². The molecule has 0 aliphatic heterocycles. The average Bonchev–Trinajstić information content (AvgIpc) is 3.00. The molecule has 2 aromatic rings. The second-order valence-electron chi connectivity index (χ2n) is 8.54. The third kappa shape index (κ3) is 3.82. The number of thiophene rings is 1. The van der Waals surface area contributed by atoms with E-state index in [1.807, 2.05) is 13.8 Å². The fourth-order valence-electron chi connectivity index (χ4n) is 3.92. The van der Waals surface area contributed by atoms with Crippen molar-refractivity contribution in [1.82, 2.24) is 9.55 Å². The monoisotopic (exact) mass is 390 g/mol. The summed E-state index contributed by atoms with van der Waals surface area (Å²) in [6, 6.07) is -0.609. The van der Waals surface area contributed by atoms with Gasteiger partial charge in [-0.25, -0.2) is 9.78 Å². The zero-order valence-electron chi connectivity index (χ0n) is 17.0. The summed E-state index contributed by atoms with van der Waals surface area (Å²) < 4.78 is 6.76. The molecule has 0 bridgehead atoms. The highest BCUT2D eigenvalue weighted by molar-refractivity contribution is 7.18. The largest absolute Gasteiger partial charge is 0.464 e. The SMILES string of the molecule is CCCOC(=O)C(CC)n1cnc2sc3c(c2c1=O)CCC(C(C)(C)C)C3. The van der Waals surface area contributed by atoms with Gasteiger partial charge >= 0.3 is 5.97 Å². The van der Waals surface area contributed by atoms with Crippen LogP contribution in [0.2, 0.25) is 0 Å². The molecule has 5 nitrogen and oxygen atoms in total. The van der Waals surface area contributed by atoms with Crippen LogP contribution in [0.4, 0.5) is 0 Å². The van der Waals surface area contributed by atoms with Crippen molar-refractivity contribution in [2.75, 3.05) is 6.61 Å². The molecule has 27 heavy (non-hydrogen) atoms. The van der Waals surface area contributed by atoms with Crippen LogP contribution in [0.25, 0.3) is 10.2 Å². The molecule has 6 heteroatoms. The van der Waals surface area contributed by atoms with Gasteiger partial charge in [0.25, 0.3) is 5.56 Å². The van der Waals surface area contributed by atoms with E-state index in [1.165, 1.54) is 15.8 Å². The average molecular weight is 391 g/mol. The lowest BCUT2D eigenvalue weighted by Crippen LogP contribution is -2.31. The quantitative estimate of drug-likeness (QED) is 0.705. The molecule has 0 N–H and O–H groups in total. The fraction of sp³-hybridized carbons (Fsp3) is 0.667. The van der Waals surface area contributed by atoms with Gasteiger partial charge in [-0.1, -0.05) is 34.6 Å². The number of carbonyl (C=O) groups is 1. The first-order valence-corrected chi connectivity index (χ1v) is 10.8. The minimum atomic E-state index is -0.609. The summed E-state index contributed by atoms with van der Waals surface area (Å²) in [6.45, 7) is 11.1. The zero-order chi connectivity index (χ0) is 19.8. The Morgan fingerprint density at radius 1 is 1.41 bits per heavy atom. The molecule has 0 saturated carbocycles. The maximum absolute atomic E-state index is 13.2. The highest BCUT2D eigenvalue weighted by atomic mass is 32.1. The summed E-state index contributed by atoms with van der Waals surface area (Å²) in [5.41, 5.74) is 1.31. The summed E-state index contributed by atoms with van der Waals surface area (Å²) >= 11 is 1.64. The topological polar surface area (TPSA) is 61.2 Å². The number of hydrogen-bond donors (Lipinski definition) is 0. The van der Waals surface area contributed by atoms with Crippen LogP contribution in [0.3, 0.4) is 0 Å². The molecule has 2 unspecified atom stereocenters. The van der Waals surface area contributed by atoms with Crippen molar-refractivity contribution < 1.29 is 9.53 Å². The van der Waals surface area contributed by atoms with E-state index in [9.17, 15) is 9.59 Å². The van der Waals surface area contributed by atoms with Crippen molar-refractivity contribution in [3.05, 3.63) is 27.1 Å². The number of rotatable bonds is 5. The van der Waals surface area contributed by atoms with Crippen molar-refractivity contribution in [2.24, 2.45) is 11.3 Å². The van der Waals surface area contributed by atoms with Crippen molar-refractivity contribution in [3.63, 3.8) is 0 Å². The van der Waals surface area contributed by atoms with Crippen LogP contribution >= 0.6 is 11.3 Å². The highest BCUT2D eigenvalue weighted by Crippen LogP contribution is 2.42. The van der Waals surface area contributed by atoms with Crippen LogP contribution in [-0.4, -0.2) is 22.1 Å². The van der Waals surface area contributed by atoms with Crippen LogP contribution in [0, 0.1) is 11.3 Å². The summed E-state index contributed by atoms with van der Waals surface area (Å²) in [6.07, 6.45) is 5.81. The Bertz CT molecular complexity index is 891. The minimum absolute atomic E-state index is 0.105. The maximum Gasteiger partial charge on any atom is 0.329 e. The number of hydrogen-bond acceptors (Lipinski definition) is 5. The number of carbonyl (C=O) groups excluding carboxylic acids is 1. The van der Waals surface area contributed by atoms with Gasteiger partial charge in [-0.05, 0) is 49.0 Å². The Balaban J connectivity index is 2.01. The predicted molar refractivity (Wildman–Crippen MR) is 109 cm³/mol. The van der Waals surface area contributed by atoms with Crippen LogP contribution in [0.15, 0.2) is 11.1 Å². The molecule has 0 amide bonds. The molecule has 0 radical (unpaired) electrons. The van der Waals surface area contributed by atoms with Gasteiger partial charge in [0, 0.05) is 4.88 Å². The van der Waals surface area contributed by atoms with Gasteiger partial charge in [-0.2, -0.15) is 0 Å². The standard InChI is InChI=1S/C21H30N2O3S/c1-6-10-26-20(25)15(7-2)23-12-22-18-17(19(23)24)14-9-8-13(21(3,4)5)11-16(14)27-18/h12-13,15H,6-11H2,1-5H3. The molecular formula is C21H30N2O3S. The van der Waals surface area contributed by atoms with Gasteiger partial charge in [0.05, 0.1) is 18.3 Å². The third-order valence-corrected chi connectivity index (χ3v) is 6.82. The van der Waals surface area contributed by atoms with E-state index >= 15 is 0 Å². The van der Waals surface area contributed by atoms with Crippen molar-refractivity contribution >= 4 is 27.5 Å². The molecule has 2 aromatic heterocycles. The second-order valence-corrected chi connectivity index (χ2v) is 9.62. The predicted octanol–water partition coefficient (Wildman–Crippen LogP) is 4.51. The molecule has 0 spiro atoms. The highest BCUT2D eigenvalue weighted by Gasteiger charge is 2.32. The van der Waals surface area contributed by atoms with Gasteiger partial charge in [0.1, 0.15) is 10.9 Å². The van der Waals surface area contributed by atoms with Crippen LogP contribution in [0.5, 0.6) is 0 Å². The Morgan fingerprint density at radius 2 is 2.15 bits per heavy atom. The summed E-state index contributed by atoms with van der Waals surface area (Å²) in [5.74, 6) is 0.271. The Hall–Kier alpha value is -1.69. The van der Waals surface area contributed by atoms with E-state index in [0.29, 0.717) is 24.3 Å². The van der Waals surface area contributed by atoms with Crippen LogP contribution in [-0.2, 0) is 22.4 Å². The van der Waals surface area contributed by atoms with Gasteiger partial charge in [-0.3, -0.25) is 9.36 Å². The van der Waals surface area contributed by atoms with E-state index in [4.69, 9.17) is 4.74 Å². The van der Waals surface area contributed by atoms with E-state index < -0.39 is 6.04 Å². The molecule has 2 heterocycles. The number of fused-ring (bicyclic) bond motifs is 3. The summed E-state index contributed by atoms with van der Waals surface area (Å²) in [4.78, 5) is 32.3. The molecule has 1 aliphatic rings. The number of nitrogens with zero attached hydrogens (tertiary/aromatic N) is 2. The van der Waals surface area contributed by atoms with E-state index in [0.717, 1.165) is 36.1 Å². The first-order valence-electron chi connectivity index (χ1n) is 9.95. The third-order valence-electron chi connectivity index (χ3n) is 5.66. The normalized spacial score (nSPS) is 18.3. The second kappa shape index (κ2) is 7.74. The van der Waals surface area contributed by atoms with Crippen molar-refractivity contribution in [1.29, 1.82) is 0 Å². The number of aromatic nitrogens is 2. The number of esters is 1. The molecule has 0 fully saturated rings. The molecule has 3 rings (SSSR count). The first-order chi connectivity index (χ1) is 12.8. The van der Waals surface area contributed by atoms with E-state index in [2.05, 4.69) is 25.8 Å². The minimum Gasteiger partial charge on any atom is -0.464 e. The van der Waals surface area contributed by atoms with Gasteiger partial charge in [0.15, 0.2) is 0 Å². The molecule has 0 saturated heterocycles. The molecule has 2 atom stereocenters. The molecule has 1 aliphatic carbocycles. The summed E-state index contributed by atoms with van der Waals surface area (Å²) in [5, 5.41) is 0.714. The van der Waals surface area contributed by atoms with Gasteiger partial charge in [0.2, 0.25) is 0 Å². The Kier molecular flexibility index (Phi) is 5.75. The van der Waals surface area contributed by atoms with Crippen molar-refractivity contribution in [2.45, 2.75) is 72.8 Å². The van der Waals surface area contributed by atoms with Gasteiger partial charge in [-0.15, -0.1) is 11.3 Å². The number of ether oxygens (including phenoxy) is 1. The Morgan fingerprint density at radius 3 is 2.78 bits per heavy atom. The van der Waals surface area contributed by atoms with E-state index in [-0.39, 0.29) is 16.9 Å². The molecule has 0 aromatic carbocycles. The lowest BCUT2D eigenvalue weighted by molar-refractivity contribution is -0.147. The maximum atomic E-state index is 13.2. The smallest absolute Gasteiger partial charge is 0.329 e. The summed E-state index contributed by atoms with van der Waals surface area (Å²) in [7, 11) is 0. The molecular weight excluding hydrogens is 360 g/mol.